The van der Waals surface area contributed by atoms with Crippen LogP contribution in [0.3, 0.4) is 0 Å². The van der Waals surface area contributed by atoms with Gasteiger partial charge in [0.05, 0.1) is 17.7 Å². The molecule has 0 aliphatic carbocycles. The van der Waals surface area contributed by atoms with E-state index >= 15 is 0 Å². The number of ether oxygens (including phenoxy) is 2. The summed E-state index contributed by atoms with van der Waals surface area (Å²) < 4.78 is 11.1. The van der Waals surface area contributed by atoms with Crippen molar-refractivity contribution in [2.24, 2.45) is 0 Å². The van der Waals surface area contributed by atoms with Gasteiger partial charge in [-0.05, 0) is 54.9 Å². The molecule has 0 fully saturated rings. The summed E-state index contributed by atoms with van der Waals surface area (Å²) in [5.41, 5.74) is -0.618. The van der Waals surface area contributed by atoms with E-state index in [0.717, 1.165) is 10.2 Å². The fraction of sp³-hybridized carbons (Fsp3) is 0.533. The van der Waals surface area contributed by atoms with Gasteiger partial charge in [-0.2, -0.15) is 0 Å². The number of hydrogen-bond acceptors (Lipinski definition) is 4. The summed E-state index contributed by atoms with van der Waals surface area (Å²) in [4.78, 5) is 12.2. The number of halogens is 2. The third-order valence-electron chi connectivity index (χ3n) is 3.31. The lowest BCUT2D eigenvalue weighted by molar-refractivity contribution is -0.148. The van der Waals surface area contributed by atoms with E-state index in [-0.39, 0.29) is 5.97 Å². The van der Waals surface area contributed by atoms with Crippen LogP contribution >= 0.6 is 27.5 Å². The number of anilines is 1. The summed E-state index contributed by atoms with van der Waals surface area (Å²) in [7, 11) is 3.00. The van der Waals surface area contributed by atoms with E-state index in [1.54, 1.807) is 20.1 Å². The van der Waals surface area contributed by atoms with Crippen molar-refractivity contribution in [1.82, 2.24) is 0 Å². The first kappa shape index (κ1) is 18.3. The molecule has 21 heavy (non-hydrogen) atoms. The van der Waals surface area contributed by atoms with Gasteiger partial charge in [0.25, 0.3) is 0 Å². The lowest BCUT2D eigenvalue weighted by atomic mass is 9.87. The van der Waals surface area contributed by atoms with Crippen LogP contribution in [-0.4, -0.2) is 31.3 Å². The summed E-state index contributed by atoms with van der Waals surface area (Å²) in [5, 5.41) is 3.83. The van der Waals surface area contributed by atoms with E-state index in [0.29, 0.717) is 11.4 Å². The SMILES string of the molecule is COC(=O)C(C)(CC(C)(C)OC)Nc1ccc(Cl)c(Br)c1. The van der Waals surface area contributed by atoms with Gasteiger partial charge in [0.15, 0.2) is 0 Å². The minimum absolute atomic E-state index is 0.348. The standard InChI is InChI=1S/C15H21BrClNO3/c1-14(2,21-5)9-15(3,13(19)20-4)18-10-6-7-12(17)11(16)8-10/h6-8,18H,9H2,1-5H3. The lowest BCUT2D eigenvalue weighted by Crippen LogP contribution is -2.49. The van der Waals surface area contributed by atoms with Crippen molar-refractivity contribution in [2.45, 2.75) is 38.3 Å². The van der Waals surface area contributed by atoms with Crippen LogP contribution in [0.15, 0.2) is 22.7 Å². The van der Waals surface area contributed by atoms with Crippen LogP contribution in [0, 0.1) is 0 Å². The summed E-state index contributed by atoms with van der Waals surface area (Å²) in [6, 6.07) is 5.39. The molecule has 1 aromatic rings. The Balaban J connectivity index is 3.07. The van der Waals surface area contributed by atoms with Gasteiger partial charge in [0.1, 0.15) is 5.54 Å². The maximum atomic E-state index is 12.2. The summed E-state index contributed by atoms with van der Waals surface area (Å²) >= 11 is 9.35. The summed E-state index contributed by atoms with van der Waals surface area (Å²) in [5.74, 6) is -0.348. The van der Waals surface area contributed by atoms with Gasteiger partial charge in [-0.25, -0.2) is 4.79 Å². The van der Waals surface area contributed by atoms with Crippen LogP contribution in [0.2, 0.25) is 5.02 Å². The molecule has 0 amide bonds. The fourth-order valence-corrected chi connectivity index (χ4v) is 2.71. The van der Waals surface area contributed by atoms with Crippen molar-refractivity contribution < 1.29 is 14.3 Å². The number of nitrogens with one attached hydrogen (secondary N) is 1. The van der Waals surface area contributed by atoms with Gasteiger partial charge in [-0.15, -0.1) is 0 Å². The first-order valence-electron chi connectivity index (χ1n) is 6.50. The van der Waals surface area contributed by atoms with Crippen molar-refractivity contribution in [3.63, 3.8) is 0 Å². The third kappa shape index (κ3) is 4.87. The second-order valence-electron chi connectivity index (χ2n) is 5.72. The summed E-state index contributed by atoms with van der Waals surface area (Å²) in [6.07, 6.45) is 0.448. The number of rotatable bonds is 6. The second-order valence-corrected chi connectivity index (χ2v) is 6.98. The molecule has 0 radical (unpaired) electrons. The molecule has 1 atom stereocenters. The van der Waals surface area contributed by atoms with Crippen molar-refractivity contribution in [3.05, 3.63) is 27.7 Å². The highest BCUT2D eigenvalue weighted by atomic mass is 79.9. The van der Waals surface area contributed by atoms with Gasteiger partial charge in [-0.3, -0.25) is 0 Å². The molecular formula is C15H21BrClNO3. The Morgan fingerprint density at radius 3 is 2.43 bits per heavy atom. The molecule has 0 saturated heterocycles. The Bertz CT molecular complexity index is 522. The zero-order valence-electron chi connectivity index (χ0n) is 12.9. The molecule has 0 aliphatic rings. The van der Waals surface area contributed by atoms with E-state index < -0.39 is 11.1 Å². The molecule has 0 bridgehead atoms. The van der Waals surface area contributed by atoms with Gasteiger partial charge < -0.3 is 14.8 Å². The lowest BCUT2D eigenvalue weighted by Gasteiger charge is -2.36. The highest BCUT2D eigenvalue weighted by Gasteiger charge is 2.40. The van der Waals surface area contributed by atoms with Crippen LogP contribution in [0.5, 0.6) is 0 Å². The number of hydrogen-bond donors (Lipinski definition) is 1. The van der Waals surface area contributed by atoms with Gasteiger partial charge >= 0.3 is 5.97 Å². The number of carbonyl (C=O) groups excluding carboxylic acids is 1. The highest BCUT2D eigenvalue weighted by molar-refractivity contribution is 9.10. The average molecular weight is 379 g/mol. The maximum absolute atomic E-state index is 12.2. The highest BCUT2D eigenvalue weighted by Crippen LogP contribution is 2.31. The molecular weight excluding hydrogens is 358 g/mol. The molecule has 0 aliphatic heterocycles. The Hall–Kier alpha value is -0.780. The van der Waals surface area contributed by atoms with E-state index in [9.17, 15) is 4.79 Å². The zero-order chi connectivity index (χ0) is 16.3. The molecule has 1 N–H and O–H groups in total. The quantitative estimate of drug-likeness (QED) is 0.751. The van der Waals surface area contributed by atoms with Crippen LogP contribution in [-0.2, 0) is 14.3 Å². The molecule has 0 aromatic heterocycles. The second kappa shape index (κ2) is 6.99. The zero-order valence-corrected chi connectivity index (χ0v) is 15.3. The topological polar surface area (TPSA) is 47.6 Å². The molecule has 0 heterocycles. The minimum atomic E-state index is -0.915. The van der Waals surface area contributed by atoms with Crippen molar-refractivity contribution >= 4 is 39.2 Å². The molecule has 6 heteroatoms. The van der Waals surface area contributed by atoms with E-state index in [4.69, 9.17) is 21.1 Å². The number of benzene rings is 1. The molecule has 1 unspecified atom stereocenters. The Morgan fingerprint density at radius 1 is 1.33 bits per heavy atom. The third-order valence-corrected chi connectivity index (χ3v) is 4.52. The monoisotopic (exact) mass is 377 g/mol. The molecule has 0 saturated carbocycles. The molecule has 4 nitrogen and oxygen atoms in total. The van der Waals surface area contributed by atoms with Crippen molar-refractivity contribution in [2.75, 3.05) is 19.5 Å². The molecule has 0 spiro atoms. The normalized spacial score (nSPS) is 14.4. The molecule has 1 rings (SSSR count). The van der Waals surface area contributed by atoms with Gasteiger partial charge in [-0.1, -0.05) is 11.6 Å². The fourth-order valence-electron chi connectivity index (χ4n) is 2.21. The van der Waals surface area contributed by atoms with Gasteiger partial charge in [0, 0.05) is 23.7 Å². The van der Waals surface area contributed by atoms with E-state index in [2.05, 4.69) is 21.2 Å². The molecule has 1 aromatic carbocycles. The number of methoxy groups -OCH3 is 2. The van der Waals surface area contributed by atoms with E-state index in [1.807, 2.05) is 26.0 Å². The Kier molecular flexibility index (Phi) is 6.08. The van der Waals surface area contributed by atoms with E-state index in [1.165, 1.54) is 7.11 Å². The first-order valence-corrected chi connectivity index (χ1v) is 7.67. The largest absolute Gasteiger partial charge is 0.467 e. The van der Waals surface area contributed by atoms with Crippen molar-refractivity contribution in [3.8, 4) is 0 Å². The van der Waals surface area contributed by atoms with Crippen LogP contribution in [0.25, 0.3) is 0 Å². The average Bonchev–Trinajstić information content (AvgIpc) is 2.41. The molecule has 118 valence electrons. The first-order chi connectivity index (χ1) is 9.63. The minimum Gasteiger partial charge on any atom is -0.467 e. The van der Waals surface area contributed by atoms with Crippen LogP contribution < -0.4 is 5.32 Å². The number of carbonyl (C=O) groups is 1. The number of esters is 1. The Labute approximate surface area is 139 Å². The smallest absolute Gasteiger partial charge is 0.331 e. The van der Waals surface area contributed by atoms with Crippen LogP contribution in [0.1, 0.15) is 27.2 Å². The van der Waals surface area contributed by atoms with Crippen molar-refractivity contribution in [1.29, 1.82) is 0 Å². The van der Waals surface area contributed by atoms with Gasteiger partial charge in [0.2, 0.25) is 0 Å². The predicted octanol–water partition coefficient (Wildman–Crippen LogP) is 4.26. The Morgan fingerprint density at radius 2 is 1.95 bits per heavy atom. The maximum Gasteiger partial charge on any atom is 0.331 e. The van der Waals surface area contributed by atoms with Crippen LogP contribution in [0.4, 0.5) is 5.69 Å². The summed E-state index contributed by atoms with van der Waals surface area (Å²) in [6.45, 7) is 5.64. The predicted molar refractivity (Wildman–Crippen MR) is 88.9 cm³/mol.